The summed E-state index contributed by atoms with van der Waals surface area (Å²) in [6.45, 7) is 5.35. The number of hydrogen-bond acceptors (Lipinski definition) is 2. The fourth-order valence-electron chi connectivity index (χ4n) is 0.970. The van der Waals surface area contributed by atoms with Crippen LogP contribution < -0.4 is 0 Å². The summed E-state index contributed by atoms with van der Waals surface area (Å²) in [4.78, 5) is 12.4. The molecule has 1 rings (SSSR count). The maximum absolute atomic E-state index is 11.3. The summed E-state index contributed by atoms with van der Waals surface area (Å²) in [5.74, 6) is 0.126. The molecule has 0 amide bonds. The fraction of sp³-hybridized carbons (Fsp3) is 0.500. The second-order valence-corrected chi connectivity index (χ2v) is 5.07. The molecule has 1 atom stereocenters. The quantitative estimate of drug-likeness (QED) is 0.705. The standard InChI is InChI=1S/C10H13ClOS/c1-7(12)10(2,3)9(11)8-5-4-6-13-8/h4-6,9H,1-3H3. The predicted octanol–water partition coefficient (Wildman–Crippen LogP) is 3.64. The van der Waals surface area contributed by atoms with Gasteiger partial charge in [0, 0.05) is 10.3 Å². The lowest BCUT2D eigenvalue weighted by molar-refractivity contribution is -0.125. The van der Waals surface area contributed by atoms with Crippen molar-refractivity contribution >= 4 is 28.7 Å². The molecule has 1 heterocycles. The van der Waals surface area contributed by atoms with Crippen LogP contribution in [0.3, 0.4) is 0 Å². The van der Waals surface area contributed by atoms with E-state index in [2.05, 4.69) is 0 Å². The van der Waals surface area contributed by atoms with Gasteiger partial charge in [0.05, 0.1) is 5.38 Å². The number of rotatable bonds is 3. The Morgan fingerprint density at radius 2 is 2.23 bits per heavy atom. The molecule has 0 aliphatic heterocycles. The molecule has 0 aliphatic carbocycles. The lowest BCUT2D eigenvalue weighted by Gasteiger charge is -2.26. The van der Waals surface area contributed by atoms with Gasteiger partial charge in [-0.15, -0.1) is 22.9 Å². The third-order valence-corrected chi connectivity index (χ3v) is 4.18. The van der Waals surface area contributed by atoms with Crippen molar-refractivity contribution in [2.75, 3.05) is 0 Å². The van der Waals surface area contributed by atoms with Crippen LogP contribution in [0.4, 0.5) is 0 Å². The van der Waals surface area contributed by atoms with Crippen molar-refractivity contribution in [1.82, 2.24) is 0 Å². The number of Topliss-reactive ketones (excluding diaryl/α,β-unsaturated/α-hetero) is 1. The van der Waals surface area contributed by atoms with E-state index in [0.717, 1.165) is 4.88 Å². The molecule has 1 aromatic heterocycles. The van der Waals surface area contributed by atoms with Crippen LogP contribution in [0.15, 0.2) is 17.5 Å². The van der Waals surface area contributed by atoms with E-state index >= 15 is 0 Å². The van der Waals surface area contributed by atoms with Crippen LogP contribution in [-0.4, -0.2) is 5.78 Å². The van der Waals surface area contributed by atoms with E-state index in [1.165, 1.54) is 0 Å². The third-order valence-electron chi connectivity index (χ3n) is 2.33. The normalized spacial score (nSPS) is 14.2. The first-order valence-electron chi connectivity index (χ1n) is 4.14. The van der Waals surface area contributed by atoms with E-state index in [-0.39, 0.29) is 11.2 Å². The Kier molecular flexibility index (Phi) is 3.14. The first kappa shape index (κ1) is 10.7. The zero-order valence-electron chi connectivity index (χ0n) is 8.00. The second kappa shape index (κ2) is 3.81. The summed E-state index contributed by atoms with van der Waals surface area (Å²) >= 11 is 7.81. The molecule has 0 bridgehead atoms. The van der Waals surface area contributed by atoms with Crippen molar-refractivity contribution in [3.63, 3.8) is 0 Å². The Morgan fingerprint density at radius 1 is 1.62 bits per heavy atom. The van der Waals surface area contributed by atoms with Crippen LogP contribution in [0.1, 0.15) is 31.0 Å². The van der Waals surface area contributed by atoms with Crippen molar-refractivity contribution in [1.29, 1.82) is 0 Å². The number of thiophene rings is 1. The van der Waals surface area contributed by atoms with Crippen molar-refractivity contribution in [3.8, 4) is 0 Å². The molecule has 0 fully saturated rings. The first-order valence-corrected chi connectivity index (χ1v) is 5.46. The molecular formula is C10H13ClOS. The van der Waals surface area contributed by atoms with E-state index in [1.54, 1.807) is 18.3 Å². The molecule has 3 heteroatoms. The Morgan fingerprint density at radius 3 is 2.62 bits per heavy atom. The lowest BCUT2D eigenvalue weighted by Crippen LogP contribution is -2.26. The van der Waals surface area contributed by atoms with Gasteiger partial charge in [-0.2, -0.15) is 0 Å². The van der Waals surface area contributed by atoms with E-state index in [9.17, 15) is 4.79 Å². The van der Waals surface area contributed by atoms with Gasteiger partial charge < -0.3 is 0 Å². The minimum Gasteiger partial charge on any atom is -0.299 e. The fourth-order valence-corrected chi connectivity index (χ4v) is 2.24. The molecule has 1 aromatic rings. The van der Waals surface area contributed by atoms with Gasteiger partial charge in [0.15, 0.2) is 0 Å². The molecule has 0 saturated heterocycles. The maximum atomic E-state index is 11.3. The van der Waals surface area contributed by atoms with Crippen LogP contribution in [0.5, 0.6) is 0 Å². The monoisotopic (exact) mass is 216 g/mol. The molecule has 72 valence electrons. The Bertz CT molecular complexity index is 290. The lowest BCUT2D eigenvalue weighted by atomic mass is 9.84. The predicted molar refractivity (Wildman–Crippen MR) is 57.4 cm³/mol. The van der Waals surface area contributed by atoms with E-state index in [4.69, 9.17) is 11.6 Å². The topological polar surface area (TPSA) is 17.1 Å². The van der Waals surface area contributed by atoms with Crippen LogP contribution in [0.2, 0.25) is 0 Å². The molecule has 1 nitrogen and oxygen atoms in total. The van der Waals surface area contributed by atoms with Gasteiger partial charge in [0.25, 0.3) is 0 Å². The molecule has 1 unspecified atom stereocenters. The molecule has 0 spiro atoms. The Hall–Kier alpha value is -0.340. The summed E-state index contributed by atoms with van der Waals surface area (Å²) in [6, 6.07) is 3.92. The van der Waals surface area contributed by atoms with Gasteiger partial charge in [-0.25, -0.2) is 0 Å². The minimum atomic E-state index is -0.480. The number of carbonyl (C=O) groups is 1. The highest BCUT2D eigenvalue weighted by Crippen LogP contribution is 2.41. The van der Waals surface area contributed by atoms with Crippen LogP contribution >= 0.6 is 22.9 Å². The summed E-state index contributed by atoms with van der Waals surface area (Å²) in [7, 11) is 0. The van der Waals surface area contributed by atoms with Crippen LogP contribution in [-0.2, 0) is 4.79 Å². The van der Waals surface area contributed by atoms with Crippen molar-refractivity contribution in [2.24, 2.45) is 5.41 Å². The average molecular weight is 217 g/mol. The van der Waals surface area contributed by atoms with Crippen molar-refractivity contribution in [3.05, 3.63) is 22.4 Å². The zero-order valence-corrected chi connectivity index (χ0v) is 9.58. The van der Waals surface area contributed by atoms with Gasteiger partial charge >= 0.3 is 0 Å². The Balaban J connectivity index is 2.90. The third kappa shape index (κ3) is 2.12. The Labute approximate surface area is 87.7 Å². The van der Waals surface area contributed by atoms with Crippen molar-refractivity contribution in [2.45, 2.75) is 26.1 Å². The first-order chi connectivity index (χ1) is 5.96. The largest absolute Gasteiger partial charge is 0.299 e. The highest BCUT2D eigenvalue weighted by Gasteiger charge is 2.34. The van der Waals surface area contributed by atoms with E-state index in [1.807, 2.05) is 31.4 Å². The highest BCUT2D eigenvalue weighted by atomic mass is 35.5. The van der Waals surface area contributed by atoms with Crippen molar-refractivity contribution < 1.29 is 4.79 Å². The number of hydrogen-bond donors (Lipinski definition) is 0. The van der Waals surface area contributed by atoms with E-state index in [0.29, 0.717) is 0 Å². The molecule has 13 heavy (non-hydrogen) atoms. The number of alkyl halides is 1. The van der Waals surface area contributed by atoms with Gasteiger partial charge in [-0.05, 0) is 18.4 Å². The van der Waals surface area contributed by atoms with E-state index < -0.39 is 5.41 Å². The highest BCUT2D eigenvalue weighted by molar-refractivity contribution is 7.10. The summed E-state index contributed by atoms with van der Waals surface area (Å²) in [6.07, 6.45) is 0. The summed E-state index contributed by atoms with van der Waals surface area (Å²) in [5, 5.41) is 1.76. The average Bonchev–Trinajstić information content (AvgIpc) is 2.54. The number of halogens is 1. The molecule has 0 aliphatic rings. The maximum Gasteiger partial charge on any atom is 0.137 e. The zero-order chi connectivity index (χ0) is 10.1. The van der Waals surface area contributed by atoms with Gasteiger partial charge in [0.1, 0.15) is 5.78 Å². The smallest absolute Gasteiger partial charge is 0.137 e. The summed E-state index contributed by atoms with van der Waals surface area (Å²) < 4.78 is 0. The van der Waals surface area contributed by atoms with Crippen LogP contribution in [0, 0.1) is 5.41 Å². The minimum absolute atomic E-state index is 0.126. The SMILES string of the molecule is CC(=O)C(C)(C)C(Cl)c1cccs1. The molecular weight excluding hydrogens is 204 g/mol. The van der Waals surface area contributed by atoms with Crippen LogP contribution in [0.25, 0.3) is 0 Å². The molecule has 0 radical (unpaired) electrons. The summed E-state index contributed by atoms with van der Waals surface area (Å²) in [5.41, 5.74) is -0.480. The number of carbonyl (C=O) groups excluding carboxylic acids is 1. The molecule has 0 aromatic carbocycles. The molecule has 0 N–H and O–H groups in total. The van der Waals surface area contributed by atoms with Gasteiger partial charge in [-0.1, -0.05) is 19.9 Å². The molecule has 0 saturated carbocycles. The second-order valence-electron chi connectivity index (χ2n) is 3.66. The number of ketones is 1. The van der Waals surface area contributed by atoms with Gasteiger partial charge in [-0.3, -0.25) is 4.79 Å². The van der Waals surface area contributed by atoms with Gasteiger partial charge in [0.2, 0.25) is 0 Å².